The van der Waals surface area contributed by atoms with Crippen LogP contribution in [0.1, 0.15) is 63.2 Å². The van der Waals surface area contributed by atoms with Gasteiger partial charge in [0.25, 0.3) is 0 Å². The van der Waals surface area contributed by atoms with E-state index >= 15 is 0 Å². The third kappa shape index (κ3) is 5.94. The van der Waals surface area contributed by atoms with E-state index in [1.807, 2.05) is 0 Å². The number of benzene rings is 1. The standard InChI is InChI=1S/C22H30N2O4/c1-4-28-19(25)17-10-12-18(13-11-17)24-21(27)22(2,3)20(26)23-15-14-16-8-6-5-7-9-16/h8,10-13H,4-7,9,14-15H2,1-3H3,(H,23,26)(H,24,27). The van der Waals surface area contributed by atoms with Crippen LogP contribution < -0.4 is 10.6 Å². The van der Waals surface area contributed by atoms with Crippen LogP contribution in [0, 0.1) is 5.41 Å². The van der Waals surface area contributed by atoms with Gasteiger partial charge in [-0.2, -0.15) is 0 Å². The highest BCUT2D eigenvalue weighted by molar-refractivity contribution is 6.09. The Bertz CT molecular complexity index is 735. The van der Waals surface area contributed by atoms with Gasteiger partial charge in [0.2, 0.25) is 11.8 Å². The SMILES string of the molecule is CCOC(=O)c1ccc(NC(=O)C(C)(C)C(=O)NCCC2=CCCCC2)cc1. The van der Waals surface area contributed by atoms with Gasteiger partial charge in [-0.15, -0.1) is 0 Å². The summed E-state index contributed by atoms with van der Waals surface area (Å²) >= 11 is 0. The van der Waals surface area contributed by atoms with Crippen LogP contribution >= 0.6 is 0 Å². The first kappa shape index (κ1) is 21.7. The molecule has 6 heteroatoms. The summed E-state index contributed by atoms with van der Waals surface area (Å²) in [5.41, 5.74) is 1.11. The van der Waals surface area contributed by atoms with Crippen LogP contribution in [0.2, 0.25) is 0 Å². The molecule has 28 heavy (non-hydrogen) atoms. The molecule has 0 atom stereocenters. The molecule has 2 N–H and O–H groups in total. The molecule has 0 saturated heterocycles. The third-order valence-electron chi connectivity index (χ3n) is 4.91. The predicted octanol–water partition coefficient (Wildman–Crippen LogP) is 3.83. The Hall–Kier alpha value is -2.63. The quantitative estimate of drug-likeness (QED) is 0.404. The molecule has 1 aromatic rings. The summed E-state index contributed by atoms with van der Waals surface area (Å²) < 4.78 is 4.93. The maximum absolute atomic E-state index is 12.6. The van der Waals surface area contributed by atoms with Gasteiger partial charge in [0.1, 0.15) is 5.41 Å². The van der Waals surface area contributed by atoms with Gasteiger partial charge in [-0.25, -0.2) is 4.79 Å². The van der Waals surface area contributed by atoms with E-state index in [0.717, 1.165) is 19.3 Å². The lowest BCUT2D eigenvalue weighted by atomic mass is 9.90. The first-order valence-corrected chi connectivity index (χ1v) is 9.89. The van der Waals surface area contributed by atoms with Crippen molar-refractivity contribution < 1.29 is 19.1 Å². The highest BCUT2D eigenvalue weighted by Gasteiger charge is 2.35. The van der Waals surface area contributed by atoms with Crippen LogP contribution in [0.4, 0.5) is 5.69 Å². The molecule has 0 spiro atoms. The zero-order valence-electron chi connectivity index (χ0n) is 17.0. The summed E-state index contributed by atoms with van der Waals surface area (Å²) in [7, 11) is 0. The second-order valence-electron chi connectivity index (χ2n) is 7.49. The van der Waals surface area contributed by atoms with E-state index in [1.165, 1.54) is 18.4 Å². The number of amides is 2. The van der Waals surface area contributed by atoms with Crippen molar-refractivity contribution in [3.8, 4) is 0 Å². The highest BCUT2D eigenvalue weighted by Crippen LogP contribution is 2.21. The molecule has 0 radical (unpaired) electrons. The molecule has 0 bridgehead atoms. The van der Waals surface area contributed by atoms with Crippen molar-refractivity contribution in [3.05, 3.63) is 41.5 Å². The van der Waals surface area contributed by atoms with Crippen molar-refractivity contribution >= 4 is 23.5 Å². The van der Waals surface area contributed by atoms with Crippen molar-refractivity contribution in [2.75, 3.05) is 18.5 Å². The van der Waals surface area contributed by atoms with E-state index in [2.05, 4.69) is 16.7 Å². The lowest BCUT2D eigenvalue weighted by molar-refractivity contribution is -0.138. The molecule has 6 nitrogen and oxygen atoms in total. The van der Waals surface area contributed by atoms with Crippen molar-refractivity contribution in [1.29, 1.82) is 0 Å². The minimum Gasteiger partial charge on any atom is -0.462 e. The van der Waals surface area contributed by atoms with Crippen LogP contribution in [0.25, 0.3) is 0 Å². The summed E-state index contributed by atoms with van der Waals surface area (Å²) in [6.45, 7) is 5.79. The number of carbonyl (C=O) groups is 3. The largest absolute Gasteiger partial charge is 0.462 e. The molecule has 1 aliphatic rings. The molecule has 0 fully saturated rings. The molecule has 2 rings (SSSR count). The minimum atomic E-state index is -1.21. The van der Waals surface area contributed by atoms with Crippen LogP contribution in [0.5, 0.6) is 0 Å². The summed E-state index contributed by atoms with van der Waals surface area (Å²) in [5, 5.41) is 5.61. The Morgan fingerprint density at radius 1 is 1.07 bits per heavy atom. The van der Waals surface area contributed by atoms with E-state index < -0.39 is 17.3 Å². The second-order valence-corrected chi connectivity index (χ2v) is 7.49. The number of esters is 1. The molecule has 1 aliphatic carbocycles. The number of carbonyl (C=O) groups excluding carboxylic acids is 3. The smallest absolute Gasteiger partial charge is 0.338 e. The number of ether oxygens (including phenoxy) is 1. The van der Waals surface area contributed by atoms with Crippen LogP contribution in [0.15, 0.2) is 35.9 Å². The van der Waals surface area contributed by atoms with Gasteiger partial charge in [0.05, 0.1) is 12.2 Å². The number of rotatable bonds is 8. The zero-order chi connectivity index (χ0) is 20.6. The van der Waals surface area contributed by atoms with Gasteiger partial charge >= 0.3 is 5.97 Å². The molecule has 0 unspecified atom stereocenters. The summed E-state index contributed by atoms with van der Waals surface area (Å²) in [4.78, 5) is 36.8. The van der Waals surface area contributed by atoms with Crippen molar-refractivity contribution in [2.24, 2.45) is 5.41 Å². The fourth-order valence-corrected chi connectivity index (χ4v) is 2.98. The van der Waals surface area contributed by atoms with Gasteiger partial charge in [0.15, 0.2) is 0 Å². The molecule has 0 aliphatic heterocycles. The zero-order valence-corrected chi connectivity index (χ0v) is 17.0. The van der Waals surface area contributed by atoms with E-state index in [4.69, 9.17) is 4.74 Å². The number of nitrogens with one attached hydrogen (secondary N) is 2. The summed E-state index contributed by atoms with van der Waals surface area (Å²) in [6.07, 6.45) is 7.76. The van der Waals surface area contributed by atoms with E-state index in [0.29, 0.717) is 24.4 Å². The molecule has 152 valence electrons. The van der Waals surface area contributed by atoms with E-state index in [9.17, 15) is 14.4 Å². The number of allylic oxidation sites excluding steroid dienone is 1. The lowest BCUT2D eigenvalue weighted by Gasteiger charge is -2.23. The first-order valence-electron chi connectivity index (χ1n) is 9.89. The van der Waals surface area contributed by atoms with Crippen molar-refractivity contribution in [3.63, 3.8) is 0 Å². The maximum Gasteiger partial charge on any atom is 0.338 e. The second kappa shape index (κ2) is 10.1. The number of hydrogen-bond donors (Lipinski definition) is 2. The first-order chi connectivity index (χ1) is 13.3. The molecule has 0 aromatic heterocycles. The molecule has 0 saturated carbocycles. The average molecular weight is 386 g/mol. The van der Waals surface area contributed by atoms with Crippen molar-refractivity contribution in [2.45, 2.75) is 52.9 Å². The van der Waals surface area contributed by atoms with Gasteiger partial charge in [0, 0.05) is 12.2 Å². The Morgan fingerprint density at radius 2 is 1.79 bits per heavy atom. The Balaban J connectivity index is 1.87. The fraction of sp³-hybridized carbons (Fsp3) is 0.500. The number of hydrogen-bond acceptors (Lipinski definition) is 4. The lowest BCUT2D eigenvalue weighted by Crippen LogP contribution is -2.45. The predicted molar refractivity (Wildman–Crippen MR) is 109 cm³/mol. The van der Waals surface area contributed by atoms with Crippen LogP contribution in [-0.4, -0.2) is 30.9 Å². The van der Waals surface area contributed by atoms with Crippen LogP contribution in [0.3, 0.4) is 0 Å². The summed E-state index contributed by atoms with van der Waals surface area (Å²) in [6, 6.07) is 6.40. The molecule has 0 heterocycles. The van der Waals surface area contributed by atoms with Gasteiger partial charge in [-0.1, -0.05) is 11.6 Å². The van der Waals surface area contributed by atoms with E-state index in [1.54, 1.807) is 45.0 Å². The van der Waals surface area contributed by atoms with Gasteiger partial charge in [-0.05, 0) is 77.1 Å². The highest BCUT2D eigenvalue weighted by atomic mass is 16.5. The molecular formula is C22H30N2O4. The monoisotopic (exact) mass is 386 g/mol. The Labute approximate surface area is 166 Å². The molecule has 2 amide bonds. The van der Waals surface area contributed by atoms with Gasteiger partial charge in [-0.3, -0.25) is 9.59 Å². The summed E-state index contributed by atoms with van der Waals surface area (Å²) in [5.74, 6) is -1.11. The van der Waals surface area contributed by atoms with Crippen LogP contribution in [-0.2, 0) is 14.3 Å². The molecule has 1 aromatic carbocycles. The Kier molecular flexibility index (Phi) is 7.79. The normalized spacial score (nSPS) is 14.0. The fourth-order valence-electron chi connectivity index (χ4n) is 2.98. The maximum atomic E-state index is 12.6. The minimum absolute atomic E-state index is 0.301. The Morgan fingerprint density at radius 3 is 2.39 bits per heavy atom. The third-order valence-corrected chi connectivity index (χ3v) is 4.91. The topological polar surface area (TPSA) is 84.5 Å². The number of anilines is 1. The van der Waals surface area contributed by atoms with Crippen molar-refractivity contribution in [1.82, 2.24) is 5.32 Å². The molecular weight excluding hydrogens is 356 g/mol. The van der Waals surface area contributed by atoms with E-state index in [-0.39, 0.29) is 5.91 Å². The van der Waals surface area contributed by atoms with Gasteiger partial charge < -0.3 is 15.4 Å². The average Bonchev–Trinajstić information content (AvgIpc) is 2.69.